The second kappa shape index (κ2) is 8.54. The molecular weight excluding hydrogens is 353 g/mol. The lowest BCUT2D eigenvalue weighted by Crippen LogP contribution is -2.44. The van der Waals surface area contributed by atoms with E-state index in [2.05, 4.69) is 15.5 Å². The minimum absolute atomic E-state index is 0.177. The van der Waals surface area contributed by atoms with Gasteiger partial charge in [0.15, 0.2) is 11.5 Å². The first-order valence-corrected chi connectivity index (χ1v) is 9.13. The molecule has 144 valence electrons. The number of benzene rings is 1. The van der Waals surface area contributed by atoms with Crippen LogP contribution < -0.4 is 16.5 Å². The standard InChI is InChI=1S/C20H24BN5O2/c1-20(2,13-22)19(27)23-16(12-28-11-14-6-4-3-5-7-14)18-25-24-17-9-8-15(21)10-26(17)18/h3-10,16H,11-13,22H2,1-2H3,(H,23,27)/t16-/m1/s1. The highest BCUT2D eigenvalue weighted by molar-refractivity contribution is 6.32. The Balaban J connectivity index is 1.83. The molecule has 0 aliphatic rings. The van der Waals surface area contributed by atoms with Crippen LogP contribution in [0.15, 0.2) is 48.7 Å². The van der Waals surface area contributed by atoms with Gasteiger partial charge in [-0.3, -0.25) is 9.20 Å². The van der Waals surface area contributed by atoms with Crippen LogP contribution in [-0.4, -0.2) is 41.5 Å². The molecule has 1 atom stereocenters. The first-order chi connectivity index (χ1) is 13.4. The first kappa shape index (κ1) is 20.0. The lowest BCUT2D eigenvalue weighted by Gasteiger charge is -2.25. The zero-order chi connectivity index (χ0) is 20.1. The number of nitrogens with one attached hydrogen (secondary N) is 1. The van der Waals surface area contributed by atoms with E-state index in [4.69, 9.17) is 18.3 Å². The molecule has 2 heterocycles. The van der Waals surface area contributed by atoms with E-state index in [-0.39, 0.29) is 19.1 Å². The number of fused-ring (bicyclic) bond motifs is 1. The molecule has 0 fully saturated rings. The molecule has 3 rings (SSSR count). The summed E-state index contributed by atoms with van der Waals surface area (Å²) in [4.78, 5) is 12.7. The van der Waals surface area contributed by atoms with Crippen molar-refractivity contribution in [3.05, 3.63) is 60.0 Å². The molecule has 0 unspecified atom stereocenters. The van der Waals surface area contributed by atoms with Crippen LogP contribution in [0.3, 0.4) is 0 Å². The molecule has 1 aromatic carbocycles. The van der Waals surface area contributed by atoms with Gasteiger partial charge in [0.25, 0.3) is 0 Å². The molecule has 2 aromatic heterocycles. The van der Waals surface area contributed by atoms with Crippen LogP contribution in [-0.2, 0) is 16.1 Å². The summed E-state index contributed by atoms with van der Waals surface area (Å²) in [6.07, 6.45) is 1.73. The van der Waals surface area contributed by atoms with Gasteiger partial charge in [0.05, 0.1) is 18.6 Å². The molecule has 0 bridgehead atoms. The van der Waals surface area contributed by atoms with E-state index < -0.39 is 11.5 Å². The number of aromatic nitrogens is 3. The third-order valence-electron chi connectivity index (χ3n) is 4.59. The summed E-state index contributed by atoms with van der Waals surface area (Å²) >= 11 is 0. The lowest BCUT2D eigenvalue weighted by atomic mass is 9.92. The van der Waals surface area contributed by atoms with Crippen LogP contribution in [0.2, 0.25) is 0 Å². The van der Waals surface area contributed by atoms with Crippen LogP contribution in [0.25, 0.3) is 5.65 Å². The van der Waals surface area contributed by atoms with Crippen molar-refractivity contribution in [2.24, 2.45) is 11.1 Å². The van der Waals surface area contributed by atoms with Gasteiger partial charge in [0, 0.05) is 12.7 Å². The Morgan fingerprint density at radius 2 is 2.00 bits per heavy atom. The highest BCUT2D eigenvalue weighted by Gasteiger charge is 2.30. The molecule has 3 aromatic rings. The normalized spacial score (nSPS) is 12.8. The zero-order valence-electron chi connectivity index (χ0n) is 16.1. The highest BCUT2D eigenvalue weighted by atomic mass is 16.5. The number of nitrogens with zero attached hydrogens (tertiary/aromatic N) is 3. The Kier molecular flexibility index (Phi) is 6.11. The Morgan fingerprint density at radius 3 is 2.71 bits per heavy atom. The summed E-state index contributed by atoms with van der Waals surface area (Å²) in [7, 11) is 5.91. The number of pyridine rings is 1. The van der Waals surface area contributed by atoms with Crippen molar-refractivity contribution in [3.8, 4) is 0 Å². The summed E-state index contributed by atoms with van der Waals surface area (Å²) in [6.45, 7) is 4.47. The van der Waals surface area contributed by atoms with Crippen LogP contribution in [0.4, 0.5) is 0 Å². The maximum Gasteiger partial charge on any atom is 0.227 e. The summed E-state index contributed by atoms with van der Waals surface area (Å²) in [6, 6.07) is 12.9. The van der Waals surface area contributed by atoms with E-state index in [1.165, 1.54) is 0 Å². The van der Waals surface area contributed by atoms with Gasteiger partial charge in [-0.15, -0.1) is 10.2 Å². The summed E-state index contributed by atoms with van der Waals surface area (Å²) in [5.74, 6) is 0.375. The van der Waals surface area contributed by atoms with Crippen molar-refractivity contribution in [1.29, 1.82) is 0 Å². The number of carbonyl (C=O) groups is 1. The fraction of sp³-hybridized carbons (Fsp3) is 0.350. The van der Waals surface area contributed by atoms with E-state index >= 15 is 0 Å². The fourth-order valence-electron chi connectivity index (χ4n) is 2.66. The number of amides is 1. The average molecular weight is 377 g/mol. The zero-order valence-corrected chi connectivity index (χ0v) is 16.1. The molecule has 7 nitrogen and oxygen atoms in total. The maximum atomic E-state index is 12.7. The number of ether oxygens (including phenoxy) is 1. The number of rotatable bonds is 8. The Hall–Kier alpha value is -2.71. The molecular formula is C20H24BN5O2. The smallest absolute Gasteiger partial charge is 0.227 e. The van der Waals surface area contributed by atoms with Crippen LogP contribution in [0.5, 0.6) is 0 Å². The molecule has 3 N–H and O–H groups in total. The van der Waals surface area contributed by atoms with Crippen molar-refractivity contribution in [3.63, 3.8) is 0 Å². The van der Waals surface area contributed by atoms with Gasteiger partial charge in [0.2, 0.25) is 5.91 Å². The van der Waals surface area contributed by atoms with E-state index in [9.17, 15) is 4.79 Å². The monoisotopic (exact) mass is 377 g/mol. The minimum Gasteiger partial charge on any atom is -0.374 e. The quantitative estimate of drug-likeness (QED) is 0.569. The molecule has 2 radical (unpaired) electrons. The number of nitrogens with two attached hydrogens (primary N) is 1. The number of hydrogen-bond acceptors (Lipinski definition) is 5. The van der Waals surface area contributed by atoms with E-state index in [1.807, 2.05) is 30.3 Å². The Morgan fingerprint density at radius 1 is 1.25 bits per heavy atom. The molecule has 0 saturated carbocycles. The number of carbonyl (C=O) groups excluding carboxylic acids is 1. The van der Waals surface area contributed by atoms with Gasteiger partial charge in [-0.1, -0.05) is 41.9 Å². The molecule has 0 aliphatic carbocycles. The maximum absolute atomic E-state index is 12.7. The largest absolute Gasteiger partial charge is 0.374 e. The first-order valence-electron chi connectivity index (χ1n) is 9.13. The summed E-state index contributed by atoms with van der Waals surface area (Å²) < 4.78 is 7.64. The summed E-state index contributed by atoms with van der Waals surface area (Å²) in [5.41, 5.74) is 7.30. The second-order valence-electron chi connectivity index (χ2n) is 7.36. The van der Waals surface area contributed by atoms with Crippen molar-refractivity contribution in [1.82, 2.24) is 19.9 Å². The van der Waals surface area contributed by atoms with Crippen molar-refractivity contribution in [2.45, 2.75) is 26.5 Å². The third kappa shape index (κ3) is 4.58. The van der Waals surface area contributed by atoms with E-state index in [1.54, 1.807) is 36.6 Å². The predicted molar refractivity (Wildman–Crippen MR) is 108 cm³/mol. The summed E-state index contributed by atoms with van der Waals surface area (Å²) in [5, 5.41) is 11.4. The van der Waals surface area contributed by atoms with Gasteiger partial charge < -0.3 is 15.8 Å². The van der Waals surface area contributed by atoms with Gasteiger partial charge in [-0.05, 0) is 25.5 Å². The lowest BCUT2D eigenvalue weighted by molar-refractivity contribution is -0.130. The van der Waals surface area contributed by atoms with Gasteiger partial charge in [0.1, 0.15) is 13.9 Å². The highest BCUT2D eigenvalue weighted by Crippen LogP contribution is 2.18. The number of hydrogen-bond donors (Lipinski definition) is 2. The minimum atomic E-state index is -0.711. The molecule has 28 heavy (non-hydrogen) atoms. The Labute approximate surface area is 165 Å². The second-order valence-corrected chi connectivity index (χ2v) is 7.36. The van der Waals surface area contributed by atoms with Gasteiger partial charge in [-0.2, -0.15) is 0 Å². The molecule has 0 spiro atoms. The third-order valence-corrected chi connectivity index (χ3v) is 4.59. The predicted octanol–water partition coefficient (Wildman–Crippen LogP) is 0.882. The van der Waals surface area contributed by atoms with Crippen LogP contribution in [0.1, 0.15) is 31.3 Å². The fourth-order valence-corrected chi connectivity index (χ4v) is 2.66. The molecule has 1 amide bonds. The topological polar surface area (TPSA) is 94.5 Å². The van der Waals surface area contributed by atoms with Gasteiger partial charge in [-0.25, -0.2) is 0 Å². The van der Waals surface area contributed by atoms with Crippen molar-refractivity contribution < 1.29 is 9.53 Å². The van der Waals surface area contributed by atoms with E-state index in [0.29, 0.717) is 23.5 Å². The molecule has 8 heteroatoms. The average Bonchev–Trinajstić information content (AvgIpc) is 3.10. The van der Waals surface area contributed by atoms with Crippen LogP contribution >= 0.6 is 0 Å². The van der Waals surface area contributed by atoms with Crippen molar-refractivity contribution >= 4 is 24.9 Å². The van der Waals surface area contributed by atoms with Crippen LogP contribution in [0, 0.1) is 5.41 Å². The van der Waals surface area contributed by atoms with Gasteiger partial charge >= 0.3 is 0 Å². The van der Waals surface area contributed by atoms with E-state index in [0.717, 1.165) is 5.56 Å². The SMILES string of the molecule is [B]c1ccc2nnc([C@@H](COCc3ccccc3)NC(=O)C(C)(C)CN)n2c1. The molecule has 0 aliphatic heterocycles. The Bertz CT molecular complexity index is 942. The van der Waals surface area contributed by atoms with Crippen molar-refractivity contribution in [2.75, 3.05) is 13.2 Å². The molecule has 0 saturated heterocycles.